The van der Waals surface area contributed by atoms with Crippen molar-refractivity contribution in [3.05, 3.63) is 41.7 Å². The van der Waals surface area contributed by atoms with Gasteiger partial charge < -0.3 is 4.90 Å². The summed E-state index contributed by atoms with van der Waals surface area (Å²) in [5, 5.41) is 0. The normalized spacial score (nSPS) is 25.2. The van der Waals surface area contributed by atoms with Gasteiger partial charge in [-0.2, -0.15) is 0 Å². The van der Waals surface area contributed by atoms with Crippen LogP contribution < -0.4 is 0 Å². The molecule has 1 aromatic heterocycles. The molecule has 0 spiro atoms. The molecule has 20 heavy (non-hydrogen) atoms. The van der Waals surface area contributed by atoms with Crippen LogP contribution in [0.1, 0.15) is 31.7 Å². The van der Waals surface area contributed by atoms with Crippen LogP contribution in [0.2, 0.25) is 0 Å². The summed E-state index contributed by atoms with van der Waals surface area (Å²) in [4.78, 5) is 18.5. The highest BCUT2D eigenvalue weighted by Crippen LogP contribution is 2.35. The summed E-state index contributed by atoms with van der Waals surface area (Å²) in [5.74, 6) is 1.70. The minimum atomic E-state index is 0.306. The quantitative estimate of drug-likeness (QED) is 0.791. The Labute approximate surface area is 120 Å². The molecule has 0 saturated carbocycles. The first-order chi connectivity index (χ1) is 9.72. The molecule has 1 aromatic rings. The zero-order chi connectivity index (χ0) is 13.9. The van der Waals surface area contributed by atoms with Crippen molar-refractivity contribution < 1.29 is 4.79 Å². The lowest BCUT2D eigenvalue weighted by molar-refractivity contribution is -0.130. The lowest BCUT2D eigenvalue weighted by Gasteiger charge is -2.21. The van der Waals surface area contributed by atoms with Crippen molar-refractivity contribution >= 4 is 5.91 Å². The van der Waals surface area contributed by atoms with Crippen LogP contribution in [0.25, 0.3) is 0 Å². The monoisotopic (exact) mass is 270 g/mol. The summed E-state index contributed by atoms with van der Waals surface area (Å²) >= 11 is 0. The van der Waals surface area contributed by atoms with Gasteiger partial charge in [0.05, 0.1) is 0 Å². The molecule has 0 aromatic carbocycles. The second-order valence-electron chi connectivity index (χ2n) is 6.17. The van der Waals surface area contributed by atoms with E-state index in [0.717, 1.165) is 31.5 Å². The Hall–Kier alpha value is -1.64. The van der Waals surface area contributed by atoms with Crippen LogP contribution in [0.5, 0.6) is 0 Å². The van der Waals surface area contributed by atoms with Crippen LogP contribution in [0.4, 0.5) is 0 Å². The number of aryl methyl sites for hydroxylation is 1. The number of fused-ring (bicyclic) bond motifs is 1. The highest BCUT2D eigenvalue weighted by atomic mass is 16.2. The maximum absolute atomic E-state index is 12.3. The Morgan fingerprint density at radius 1 is 1.40 bits per heavy atom. The molecule has 106 valence electrons. The fraction of sp³-hybridized carbons (Fsp3) is 0.529. The zero-order valence-corrected chi connectivity index (χ0v) is 12.1. The van der Waals surface area contributed by atoms with Crippen LogP contribution in [-0.2, 0) is 11.2 Å². The molecular formula is C17H22N2O. The molecular weight excluding hydrogens is 248 g/mol. The molecule has 3 heteroatoms. The predicted octanol–water partition coefficient (Wildman–Crippen LogP) is 2.83. The van der Waals surface area contributed by atoms with Crippen molar-refractivity contribution in [1.82, 2.24) is 9.88 Å². The molecule has 1 saturated heterocycles. The lowest BCUT2D eigenvalue weighted by atomic mass is 9.83. The van der Waals surface area contributed by atoms with Gasteiger partial charge in [0.15, 0.2) is 0 Å². The van der Waals surface area contributed by atoms with Crippen LogP contribution in [0, 0.1) is 11.8 Å². The van der Waals surface area contributed by atoms with Gasteiger partial charge in [-0.25, -0.2) is 0 Å². The van der Waals surface area contributed by atoms with Gasteiger partial charge in [-0.3, -0.25) is 9.78 Å². The first kappa shape index (κ1) is 13.3. The number of likely N-dealkylation sites (tertiary alicyclic amines) is 1. The third kappa shape index (κ3) is 2.92. The largest absolute Gasteiger partial charge is 0.342 e. The number of hydrogen-bond acceptors (Lipinski definition) is 2. The molecule has 1 aliphatic carbocycles. The molecule has 0 radical (unpaired) electrons. The summed E-state index contributed by atoms with van der Waals surface area (Å²) in [7, 11) is 0. The molecule has 0 bridgehead atoms. The second kappa shape index (κ2) is 5.78. The van der Waals surface area contributed by atoms with E-state index in [1.54, 1.807) is 6.20 Å². The van der Waals surface area contributed by atoms with Gasteiger partial charge >= 0.3 is 0 Å². The van der Waals surface area contributed by atoms with E-state index in [-0.39, 0.29) is 0 Å². The average Bonchev–Trinajstić information content (AvgIpc) is 2.89. The van der Waals surface area contributed by atoms with E-state index in [2.05, 4.69) is 22.9 Å². The van der Waals surface area contributed by atoms with Gasteiger partial charge in [0, 0.05) is 31.9 Å². The van der Waals surface area contributed by atoms with E-state index >= 15 is 0 Å². The molecule has 0 N–H and O–H groups in total. The van der Waals surface area contributed by atoms with Gasteiger partial charge in [0.25, 0.3) is 0 Å². The first-order valence-electron chi connectivity index (χ1n) is 7.54. The number of allylic oxidation sites excluding steroid dienone is 2. The van der Waals surface area contributed by atoms with Crippen molar-refractivity contribution in [3.8, 4) is 0 Å². The van der Waals surface area contributed by atoms with Crippen molar-refractivity contribution in [3.63, 3.8) is 0 Å². The lowest BCUT2D eigenvalue weighted by Crippen LogP contribution is -2.29. The molecule has 3 rings (SSSR count). The maximum atomic E-state index is 12.3. The van der Waals surface area contributed by atoms with Crippen LogP contribution >= 0.6 is 0 Å². The number of carbonyl (C=O) groups excluding carboxylic acids is 1. The summed E-state index contributed by atoms with van der Waals surface area (Å²) in [5.41, 5.74) is 2.64. The molecule has 2 aliphatic rings. The average molecular weight is 270 g/mol. The van der Waals surface area contributed by atoms with Gasteiger partial charge in [-0.1, -0.05) is 17.7 Å². The number of hydrogen-bond donors (Lipinski definition) is 0. The van der Waals surface area contributed by atoms with Crippen molar-refractivity contribution in [2.45, 2.75) is 32.6 Å². The second-order valence-corrected chi connectivity index (χ2v) is 6.17. The Bertz CT molecular complexity index is 509. The van der Waals surface area contributed by atoms with E-state index in [9.17, 15) is 4.79 Å². The fourth-order valence-corrected chi connectivity index (χ4v) is 3.45. The topological polar surface area (TPSA) is 33.2 Å². The van der Waals surface area contributed by atoms with E-state index in [1.807, 2.05) is 18.3 Å². The van der Waals surface area contributed by atoms with Crippen molar-refractivity contribution in [2.24, 2.45) is 11.8 Å². The molecule has 1 fully saturated rings. The van der Waals surface area contributed by atoms with Crippen LogP contribution in [0.3, 0.4) is 0 Å². The van der Waals surface area contributed by atoms with E-state index in [4.69, 9.17) is 0 Å². The molecule has 3 nitrogen and oxygen atoms in total. The van der Waals surface area contributed by atoms with Crippen molar-refractivity contribution in [1.29, 1.82) is 0 Å². The van der Waals surface area contributed by atoms with Crippen LogP contribution in [0.15, 0.2) is 36.2 Å². The molecule has 0 unspecified atom stereocenters. The summed E-state index contributed by atoms with van der Waals surface area (Å²) in [6.45, 7) is 4.13. The summed E-state index contributed by atoms with van der Waals surface area (Å²) < 4.78 is 0. The fourth-order valence-electron chi connectivity index (χ4n) is 3.45. The highest BCUT2D eigenvalue weighted by Gasteiger charge is 2.35. The van der Waals surface area contributed by atoms with Gasteiger partial charge in [-0.05, 0) is 49.7 Å². The molecule has 1 amide bonds. The molecule has 2 heterocycles. The standard InChI is InChI=1S/C17H22N2O/c1-13-4-6-15-11-19(12-16(15)9-13)17(20)7-5-14-3-2-8-18-10-14/h2-4,8,10,15-16H,5-7,9,11-12H2,1H3/t15-,16+/m0/s1. The Balaban J connectivity index is 1.52. The Morgan fingerprint density at radius 2 is 2.25 bits per heavy atom. The number of carbonyl (C=O) groups is 1. The van der Waals surface area contributed by atoms with Gasteiger partial charge in [-0.15, -0.1) is 0 Å². The summed E-state index contributed by atoms with van der Waals surface area (Å²) in [6, 6.07) is 3.97. The first-order valence-corrected chi connectivity index (χ1v) is 7.54. The minimum absolute atomic E-state index is 0.306. The third-order valence-corrected chi connectivity index (χ3v) is 4.63. The predicted molar refractivity (Wildman–Crippen MR) is 79.1 cm³/mol. The van der Waals surface area contributed by atoms with Crippen LogP contribution in [-0.4, -0.2) is 28.9 Å². The summed E-state index contributed by atoms with van der Waals surface area (Å²) in [6.07, 6.45) is 9.72. The Kier molecular flexibility index (Phi) is 3.86. The van der Waals surface area contributed by atoms with E-state index in [1.165, 1.54) is 12.0 Å². The number of pyridine rings is 1. The zero-order valence-electron chi connectivity index (χ0n) is 12.1. The van der Waals surface area contributed by atoms with Crippen molar-refractivity contribution in [2.75, 3.05) is 13.1 Å². The van der Waals surface area contributed by atoms with E-state index in [0.29, 0.717) is 24.2 Å². The number of nitrogens with zero attached hydrogens (tertiary/aromatic N) is 2. The van der Waals surface area contributed by atoms with E-state index < -0.39 is 0 Å². The number of aromatic nitrogens is 1. The number of rotatable bonds is 3. The molecule has 2 atom stereocenters. The highest BCUT2D eigenvalue weighted by molar-refractivity contribution is 5.76. The third-order valence-electron chi connectivity index (χ3n) is 4.63. The minimum Gasteiger partial charge on any atom is -0.342 e. The molecule has 1 aliphatic heterocycles. The van der Waals surface area contributed by atoms with Gasteiger partial charge in [0.1, 0.15) is 0 Å². The maximum Gasteiger partial charge on any atom is 0.222 e. The number of amides is 1. The smallest absolute Gasteiger partial charge is 0.222 e. The SMILES string of the molecule is CC1=CC[C@H]2CN(C(=O)CCc3cccnc3)C[C@H]2C1. The van der Waals surface area contributed by atoms with Gasteiger partial charge in [0.2, 0.25) is 5.91 Å². The Morgan fingerprint density at radius 3 is 3.05 bits per heavy atom.